The average molecular weight is 290 g/mol. The van der Waals surface area contributed by atoms with Crippen LogP contribution in [0.15, 0.2) is 30.2 Å². The maximum absolute atomic E-state index is 12.6. The molecule has 0 aliphatic carbocycles. The van der Waals surface area contributed by atoms with E-state index >= 15 is 0 Å². The Bertz CT molecular complexity index is 552. The first-order chi connectivity index (χ1) is 9.75. The van der Waals surface area contributed by atoms with E-state index < -0.39 is 0 Å². The van der Waals surface area contributed by atoms with Crippen molar-refractivity contribution in [3.8, 4) is 0 Å². The van der Waals surface area contributed by atoms with Crippen LogP contribution in [0.5, 0.6) is 0 Å². The molecule has 3 rings (SSSR count). The fourth-order valence-electron chi connectivity index (χ4n) is 2.71. The molecular weight excluding hydrogens is 272 g/mol. The van der Waals surface area contributed by atoms with Crippen molar-refractivity contribution in [2.24, 2.45) is 0 Å². The van der Waals surface area contributed by atoms with Crippen LogP contribution in [0.1, 0.15) is 36.6 Å². The number of carbonyl (C=O) groups excluding carboxylic acids is 1. The lowest BCUT2D eigenvalue weighted by molar-refractivity contribution is -0.134. The molecule has 1 amide bonds. The molecule has 1 aliphatic heterocycles. The lowest BCUT2D eigenvalue weighted by Gasteiger charge is -2.34. The van der Waals surface area contributed by atoms with E-state index in [0.29, 0.717) is 0 Å². The van der Waals surface area contributed by atoms with E-state index in [1.54, 1.807) is 24.0 Å². The number of nitrogens with zero attached hydrogens (tertiary/aromatic N) is 4. The van der Waals surface area contributed by atoms with E-state index in [0.717, 1.165) is 30.8 Å². The van der Waals surface area contributed by atoms with E-state index in [4.69, 9.17) is 0 Å². The number of hydrogen-bond acceptors (Lipinski definition) is 4. The zero-order valence-electron chi connectivity index (χ0n) is 11.5. The minimum absolute atomic E-state index is 0.0514. The van der Waals surface area contributed by atoms with Crippen LogP contribution in [0.2, 0.25) is 0 Å². The van der Waals surface area contributed by atoms with E-state index in [1.807, 2.05) is 34.0 Å². The molecule has 0 aromatic carbocycles. The average Bonchev–Trinajstić information content (AvgIpc) is 3.18. The molecule has 20 heavy (non-hydrogen) atoms. The minimum Gasteiger partial charge on any atom is -0.340 e. The van der Waals surface area contributed by atoms with Crippen LogP contribution in [-0.4, -0.2) is 38.7 Å². The molecule has 5 nitrogen and oxygen atoms in total. The summed E-state index contributed by atoms with van der Waals surface area (Å²) in [6.45, 7) is 3.57. The second-order valence-electron chi connectivity index (χ2n) is 5.19. The van der Waals surface area contributed by atoms with Crippen LogP contribution in [0.3, 0.4) is 0 Å². The fraction of sp³-hybridized carbons (Fsp3) is 0.500. The Morgan fingerprint density at radius 2 is 2.45 bits per heavy atom. The highest BCUT2D eigenvalue weighted by Gasteiger charge is 2.28. The second-order valence-corrected chi connectivity index (χ2v) is 6.17. The van der Waals surface area contributed by atoms with Gasteiger partial charge in [-0.25, -0.2) is 9.67 Å². The molecule has 1 fully saturated rings. The van der Waals surface area contributed by atoms with Gasteiger partial charge in [-0.2, -0.15) is 5.10 Å². The van der Waals surface area contributed by atoms with Gasteiger partial charge < -0.3 is 4.90 Å². The highest BCUT2D eigenvalue weighted by molar-refractivity contribution is 7.10. The van der Waals surface area contributed by atoms with Crippen LogP contribution in [0.4, 0.5) is 0 Å². The summed E-state index contributed by atoms with van der Waals surface area (Å²) < 4.78 is 1.87. The van der Waals surface area contributed by atoms with Gasteiger partial charge in [-0.05, 0) is 31.2 Å². The summed E-state index contributed by atoms with van der Waals surface area (Å²) in [4.78, 5) is 19.7. The predicted molar refractivity (Wildman–Crippen MR) is 77.6 cm³/mol. The highest BCUT2D eigenvalue weighted by Crippen LogP contribution is 2.26. The van der Waals surface area contributed by atoms with Crippen LogP contribution < -0.4 is 0 Å². The van der Waals surface area contributed by atoms with Crippen LogP contribution in [0, 0.1) is 0 Å². The number of thiophene rings is 1. The van der Waals surface area contributed by atoms with Crippen molar-refractivity contribution in [2.75, 3.05) is 13.1 Å². The summed E-state index contributed by atoms with van der Waals surface area (Å²) >= 11 is 1.65. The van der Waals surface area contributed by atoms with Crippen molar-refractivity contribution < 1.29 is 4.79 Å². The number of likely N-dealkylation sites (tertiary alicyclic amines) is 1. The van der Waals surface area contributed by atoms with Gasteiger partial charge in [0.1, 0.15) is 12.7 Å². The van der Waals surface area contributed by atoms with Crippen molar-refractivity contribution in [1.82, 2.24) is 19.7 Å². The number of rotatable bonds is 3. The summed E-state index contributed by atoms with van der Waals surface area (Å²) in [6, 6.07) is 4.29. The molecule has 6 heteroatoms. The summed E-state index contributed by atoms with van der Waals surface area (Å²) in [7, 11) is 0. The molecule has 0 spiro atoms. The van der Waals surface area contributed by atoms with Gasteiger partial charge in [0.05, 0.1) is 12.0 Å². The lowest BCUT2D eigenvalue weighted by atomic mass is 10.0. The van der Waals surface area contributed by atoms with Gasteiger partial charge in [0, 0.05) is 18.0 Å². The Morgan fingerprint density at radius 1 is 1.55 bits per heavy atom. The quantitative estimate of drug-likeness (QED) is 0.871. The van der Waals surface area contributed by atoms with Gasteiger partial charge in [-0.1, -0.05) is 6.07 Å². The maximum Gasteiger partial charge on any atom is 0.230 e. The van der Waals surface area contributed by atoms with Gasteiger partial charge in [0.25, 0.3) is 0 Å². The van der Waals surface area contributed by atoms with Crippen molar-refractivity contribution in [2.45, 2.75) is 31.7 Å². The van der Waals surface area contributed by atoms with E-state index in [1.165, 1.54) is 0 Å². The fourth-order valence-corrected chi connectivity index (χ4v) is 3.49. The van der Waals surface area contributed by atoms with E-state index in [9.17, 15) is 4.79 Å². The molecule has 2 aromatic rings. The summed E-state index contributed by atoms with van der Waals surface area (Å²) in [5.41, 5.74) is 0. The Morgan fingerprint density at radius 3 is 3.15 bits per heavy atom. The Balaban J connectivity index is 1.69. The topological polar surface area (TPSA) is 51.0 Å². The molecule has 2 atom stereocenters. The van der Waals surface area contributed by atoms with Gasteiger partial charge >= 0.3 is 0 Å². The standard InChI is InChI=1S/C14H18N4OS/c1-11(13-5-3-7-20-13)14(19)17-6-2-4-12(8-17)18-10-15-9-16-18/h3,5,7,9-12H,2,4,6,8H2,1H3. The van der Waals surface area contributed by atoms with Crippen LogP contribution >= 0.6 is 11.3 Å². The number of aromatic nitrogens is 3. The van der Waals surface area contributed by atoms with Crippen molar-refractivity contribution in [3.63, 3.8) is 0 Å². The van der Waals surface area contributed by atoms with Gasteiger partial charge in [-0.15, -0.1) is 11.3 Å². The zero-order chi connectivity index (χ0) is 13.9. The van der Waals surface area contributed by atoms with Gasteiger partial charge in [-0.3, -0.25) is 4.79 Å². The molecule has 3 heterocycles. The van der Waals surface area contributed by atoms with Gasteiger partial charge in [0.2, 0.25) is 5.91 Å². The summed E-state index contributed by atoms with van der Waals surface area (Å²) in [6.07, 6.45) is 5.37. The Labute approximate surface area is 122 Å². The first-order valence-corrected chi connectivity index (χ1v) is 7.80. The maximum atomic E-state index is 12.6. The third-order valence-electron chi connectivity index (χ3n) is 3.86. The van der Waals surface area contributed by atoms with Crippen LogP contribution in [0.25, 0.3) is 0 Å². The van der Waals surface area contributed by atoms with Crippen molar-refractivity contribution in [3.05, 3.63) is 35.0 Å². The normalized spacial score (nSPS) is 20.9. The smallest absolute Gasteiger partial charge is 0.230 e. The third kappa shape index (κ3) is 2.60. The first kappa shape index (κ1) is 13.3. The molecule has 0 N–H and O–H groups in total. The summed E-state index contributed by atoms with van der Waals surface area (Å²) in [5.74, 6) is 0.168. The van der Waals surface area contributed by atoms with Crippen molar-refractivity contribution in [1.29, 1.82) is 0 Å². The Hall–Kier alpha value is -1.69. The molecular formula is C14H18N4OS. The molecule has 0 radical (unpaired) electrons. The summed E-state index contributed by atoms with van der Waals surface area (Å²) in [5, 5.41) is 6.22. The predicted octanol–water partition coefficient (Wildman–Crippen LogP) is 2.31. The SMILES string of the molecule is CC(C(=O)N1CCCC(n2cncn2)C1)c1cccs1. The molecule has 2 aromatic heterocycles. The van der Waals surface area contributed by atoms with Crippen LogP contribution in [-0.2, 0) is 4.79 Å². The monoisotopic (exact) mass is 290 g/mol. The zero-order valence-corrected chi connectivity index (χ0v) is 12.3. The molecule has 0 saturated carbocycles. The Kier molecular flexibility index (Phi) is 3.82. The van der Waals surface area contributed by atoms with Crippen molar-refractivity contribution >= 4 is 17.2 Å². The van der Waals surface area contributed by atoms with E-state index in [-0.39, 0.29) is 17.9 Å². The largest absolute Gasteiger partial charge is 0.340 e. The lowest BCUT2D eigenvalue weighted by Crippen LogP contribution is -2.42. The number of amides is 1. The molecule has 106 valence electrons. The second kappa shape index (κ2) is 5.75. The van der Waals surface area contributed by atoms with Gasteiger partial charge in [0.15, 0.2) is 0 Å². The third-order valence-corrected chi connectivity index (χ3v) is 4.91. The molecule has 2 unspecified atom stereocenters. The number of piperidine rings is 1. The highest BCUT2D eigenvalue weighted by atomic mass is 32.1. The molecule has 1 aliphatic rings. The number of hydrogen-bond donors (Lipinski definition) is 0. The molecule has 1 saturated heterocycles. The van der Waals surface area contributed by atoms with E-state index in [2.05, 4.69) is 10.1 Å². The molecule has 0 bridgehead atoms. The minimum atomic E-state index is -0.0514. The number of carbonyl (C=O) groups is 1. The first-order valence-electron chi connectivity index (χ1n) is 6.92.